The van der Waals surface area contributed by atoms with Crippen LogP contribution in [0.25, 0.3) is 6.08 Å². The van der Waals surface area contributed by atoms with Crippen molar-refractivity contribution in [3.8, 4) is 11.5 Å². The molecule has 0 unspecified atom stereocenters. The maximum atomic E-state index is 14.4. The van der Waals surface area contributed by atoms with Gasteiger partial charge in [0.15, 0.2) is 17.3 Å². The van der Waals surface area contributed by atoms with Crippen LogP contribution in [0.1, 0.15) is 11.3 Å². The summed E-state index contributed by atoms with van der Waals surface area (Å²) in [7, 11) is 0. The fraction of sp³-hybridized carbons (Fsp3) is 0.0476. The Labute approximate surface area is 160 Å². The van der Waals surface area contributed by atoms with E-state index in [1.807, 2.05) is 0 Å². The number of rotatable bonds is 6. The molecule has 0 fully saturated rings. The number of aromatic nitrogens is 1. The molecule has 1 amide bonds. The zero-order valence-corrected chi connectivity index (χ0v) is 14.7. The Morgan fingerprint density at radius 1 is 1.11 bits per heavy atom. The molecule has 1 heterocycles. The van der Waals surface area contributed by atoms with Gasteiger partial charge in [0.2, 0.25) is 5.91 Å². The van der Waals surface area contributed by atoms with E-state index in [0.717, 1.165) is 6.07 Å². The fourth-order valence-electron chi connectivity index (χ4n) is 2.48. The van der Waals surface area contributed by atoms with Crippen LogP contribution in [0.4, 0.5) is 14.5 Å². The first-order chi connectivity index (χ1) is 13.5. The first-order valence-corrected chi connectivity index (χ1v) is 8.40. The van der Waals surface area contributed by atoms with Crippen molar-refractivity contribution in [3.63, 3.8) is 0 Å². The van der Waals surface area contributed by atoms with Gasteiger partial charge in [0, 0.05) is 18.0 Å². The van der Waals surface area contributed by atoms with Gasteiger partial charge >= 0.3 is 0 Å². The van der Waals surface area contributed by atoms with Crippen LogP contribution < -0.4 is 15.8 Å². The number of carbonyl (C=O) groups excluding carboxylic acids is 1. The minimum absolute atomic E-state index is 0.0174. The van der Waals surface area contributed by atoms with Gasteiger partial charge in [-0.25, -0.2) is 8.78 Å². The highest BCUT2D eigenvalue weighted by Gasteiger charge is 2.11. The average molecular weight is 381 g/mol. The molecular formula is C21H17F2N3O2. The first-order valence-electron chi connectivity index (χ1n) is 8.40. The van der Waals surface area contributed by atoms with Gasteiger partial charge in [-0.3, -0.25) is 9.78 Å². The van der Waals surface area contributed by atoms with Crippen LogP contribution in [-0.2, 0) is 11.2 Å². The van der Waals surface area contributed by atoms with Crippen LogP contribution in [0.15, 0.2) is 67.0 Å². The van der Waals surface area contributed by atoms with Gasteiger partial charge in [-0.15, -0.1) is 0 Å². The summed E-state index contributed by atoms with van der Waals surface area (Å²) in [5.41, 5.74) is 6.76. The lowest BCUT2D eigenvalue weighted by Gasteiger charge is -2.11. The maximum Gasteiger partial charge on any atom is 0.228 e. The van der Waals surface area contributed by atoms with E-state index in [0.29, 0.717) is 17.0 Å². The number of benzene rings is 2. The lowest BCUT2D eigenvalue weighted by molar-refractivity contribution is -0.115. The quantitative estimate of drug-likeness (QED) is 0.669. The minimum atomic E-state index is -0.647. The van der Waals surface area contributed by atoms with Crippen molar-refractivity contribution in [1.29, 1.82) is 0 Å². The molecule has 142 valence electrons. The molecule has 3 N–H and O–H groups in total. The van der Waals surface area contributed by atoms with Crippen LogP contribution in [0.3, 0.4) is 0 Å². The lowest BCUT2D eigenvalue weighted by Crippen LogP contribution is -2.14. The summed E-state index contributed by atoms with van der Waals surface area (Å²) in [6.07, 6.45) is 4.46. The topological polar surface area (TPSA) is 77.2 Å². The molecule has 0 aliphatic carbocycles. The predicted octanol–water partition coefficient (Wildman–Crippen LogP) is 4.26. The second kappa shape index (κ2) is 8.77. The molecule has 0 aliphatic rings. The Kier molecular flexibility index (Phi) is 5.96. The molecule has 3 rings (SSSR count). The summed E-state index contributed by atoms with van der Waals surface area (Å²) in [5, 5.41) is 2.60. The van der Waals surface area contributed by atoms with Gasteiger partial charge in [0.25, 0.3) is 0 Å². The third-order valence-electron chi connectivity index (χ3n) is 3.77. The molecule has 28 heavy (non-hydrogen) atoms. The Morgan fingerprint density at radius 2 is 1.89 bits per heavy atom. The summed E-state index contributed by atoms with van der Waals surface area (Å²) in [6.45, 7) is 0. The largest absolute Gasteiger partial charge is 0.452 e. The third kappa shape index (κ3) is 4.91. The minimum Gasteiger partial charge on any atom is -0.452 e. The van der Waals surface area contributed by atoms with Crippen LogP contribution in [0, 0.1) is 11.6 Å². The van der Waals surface area contributed by atoms with Crippen LogP contribution >= 0.6 is 0 Å². The molecule has 5 nitrogen and oxygen atoms in total. The Bertz CT molecular complexity index is 1000. The predicted molar refractivity (Wildman–Crippen MR) is 103 cm³/mol. The summed E-state index contributed by atoms with van der Waals surface area (Å²) in [5.74, 6) is -1.04. The van der Waals surface area contributed by atoms with Gasteiger partial charge in [-0.05, 0) is 54.2 Å². The van der Waals surface area contributed by atoms with Crippen molar-refractivity contribution in [2.45, 2.75) is 6.42 Å². The van der Waals surface area contributed by atoms with Crippen molar-refractivity contribution in [2.75, 3.05) is 5.32 Å². The fourth-order valence-corrected chi connectivity index (χ4v) is 2.48. The average Bonchev–Trinajstić information content (AvgIpc) is 2.67. The van der Waals surface area contributed by atoms with Gasteiger partial charge < -0.3 is 15.8 Å². The Morgan fingerprint density at radius 3 is 2.61 bits per heavy atom. The first kappa shape index (κ1) is 19.0. The summed E-state index contributed by atoms with van der Waals surface area (Å²) < 4.78 is 32.9. The van der Waals surface area contributed by atoms with Crippen LogP contribution in [0.2, 0.25) is 0 Å². The van der Waals surface area contributed by atoms with Crippen LogP contribution in [0.5, 0.6) is 11.5 Å². The molecule has 0 spiro atoms. The SMILES string of the molecule is NC=Cc1ncccc1Oc1ccc(NC(=O)Cc2ccc(F)cc2)cc1F. The Balaban J connectivity index is 1.68. The second-order valence-electron chi connectivity index (χ2n) is 5.84. The second-order valence-corrected chi connectivity index (χ2v) is 5.84. The van der Waals surface area contributed by atoms with E-state index in [-0.39, 0.29) is 29.6 Å². The van der Waals surface area contributed by atoms with Crippen molar-refractivity contribution in [3.05, 3.63) is 89.9 Å². The molecule has 1 aromatic heterocycles. The molecule has 0 aliphatic heterocycles. The summed E-state index contributed by atoms with van der Waals surface area (Å²) in [6, 6.07) is 13.0. The van der Waals surface area contributed by atoms with Gasteiger partial charge in [0.1, 0.15) is 11.5 Å². The van der Waals surface area contributed by atoms with Crippen molar-refractivity contribution in [1.82, 2.24) is 4.98 Å². The molecule has 7 heteroatoms. The van der Waals surface area contributed by atoms with Gasteiger partial charge in [-0.2, -0.15) is 0 Å². The molecule has 0 saturated carbocycles. The highest BCUT2D eigenvalue weighted by atomic mass is 19.1. The summed E-state index contributed by atoms with van der Waals surface area (Å²) >= 11 is 0. The number of carbonyl (C=O) groups is 1. The zero-order chi connectivity index (χ0) is 19.9. The number of anilines is 1. The number of ether oxygens (including phenoxy) is 1. The number of nitrogens with two attached hydrogens (primary N) is 1. The molecule has 2 aromatic carbocycles. The highest BCUT2D eigenvalue weighted by Crippen LogP contribution is 2.28. The number of hydrogen-bond acceptors (Lipinski definition) is 4. The normalized spacial score (nSPS) is 10.8. The van der Waals surface area contributed by atoms with E-state index in [2.05, 4.69) is 10.3 Å². The lowest BCUT2D eigenvalue weighted by atomic mass is 10.1. The molecule has 0 radical (unpaired) electrons. The monoisotopic (exact) mass is 381 g/mol. The molecule has 0 saturated heterocycles. The maximum absolute atomic E-state index is 14.4. The smallest absolute Gasteiger partial charge is 0.228 e. The van der Waals surface area contributed by atoms with Gasteiger partial charge in [0.05, 0.1) is 6.42 Å². The van der Waals surface area contributed by atoms with E-state index in [1.165, 1.54) is 48.7 Å². The number of hydrogen-bond donors (Lipinski definition) is 2. The Hall–Kier alpha value is -3.74. The van der Waals surface area contributed by atoms with Crippen molar-refractivity contribution in [2.24, 2.45) is 5.73 Å². The molecule has 3 aromatic rings. The van der Waals surface area contributed by atoms with Crippen molar-refractivity contribution >= 4 is 17.7 Å². The number of amides is 1. The van der Waals surface area contributed by atoms with E-state index in [9.17, 15) is 13.6 Å². The number of pyridine rings is 1. The number of nitrogens with one attached hydrogen (secondary N) is 1. The van der Waals surface area contributed by atoms with E-state index < -0.39 is 5.82 Å². The standard InChI is InChI=1S/C21H17F2N3O2/c22-15-5-3-14(4-6-15)12-21(27)26-16-7-8-19(17(23)13-16)28-20-2-1-11-25-18(20)9-10-24/h1-11,13H,12,24H2,(H,26,27). The van der Waals surface area contributed by atoms with E-state index >= 15 is 0 Å². The zero-order valence-electron chi connectivity index (χ0n) is 14.7. The molecular weight excluding hydrogens is 364 g/mol. The number of nitrogens with zero attached hydrogens (tertiary/aromatic N) is 1. The molecule has 0 bridgehead atoms. The molecule has 0 atom stereocenters. The van der Waals surface area contributed by atoms with E-state index in [4.69, 9.17) is 10.5 Å². The summed E-state index contributed by atoms with van der Waals surface area (Å²) in [4.78, 5) is 16.2. The highest BCUT2D eigenvalue weighted by molar-refractivity contribution is 5.92. The van der Waals surface area contributed by atoms with Gasteiger partial charge in [-0.1, -0.05) is 12.1 Å². The van der Waals surface area contributed by atoms with Crippen LogP contribution in [-0.4, -0.2) is 10.9 Å². The van der Waals surface area contributed by atoms with E-state index in [1.54, 1.807) is 18.3 Å². The van der Waals surface area contributed by atoms with Crippen molar-refractivity contribution < 1.29 is 18.3 Å². The number of halogens is 2. The third-order valence-corrected chi connectivity index (χ3v) is 3.77.